The minimum atomic E-state index is 0.144. The van der Waals surface area contributed by atoms with Crippen molar-refractivity contribution in [3.05, 3.63) is 47.9 Å². The van der Waals surface area contributed by atoms with E-state index in [1.54, 1.807) is 4.90 Å². The Balaban J connectivity index is 1.33. The van der Waals surface area contributed by atoms with Gasteiger partial charge in [0, 0.05) is 50.6 Å². The zero-order valence-electron chi connectivity index (χ0n) is 16.1. The Hall–Kier alpha value is -2.87. The number of pyridine rings is 1. The van der Waals surface area contributed by atoms with Crippen LogP contribution in [0.3, 0.4) is 0 Å². The Morgan fingerprint density at radius 1 is 1.36 bits per heavy atom. The molecular weight excluding hydrogens is 354 g/mol. The Bertz CT molecular complexity index is 927. The fourth-order valence-corrected chi connectivity index (χ4v) is 3.85. The zero-order chi connectivity index (χ0) is 19.3. The lowest BCUT2D eigenvalue weighted by molar-refractivity contribution is -0.130. The number of aromatic nitrogens is 5. The number of rotatable bonds is 7. The van der Waals surface area contributed by atoms with Crippen LogP contribution in [0.2, 0.25) is 0 Å². The molecule has 146 valence electrons. The summed E-state index contributed by atoms with van der Waals surface area (Å²) in [6, 6.07) is 10.8. The molecule has 0 spiro atoms. The second kappa shape index (κ2) is 8.43. The highest BCUT2D eigenvalue weighted by Gasteiger charge is 2.27. The SMILES string of the molecule is CN(CCc1nn[nH]n1)C(=O)CCN1CCCC1c1cnc2ccccc2c1. The van der Waals surface area contributed by atoms with Gasteiger partial charge in [-0.3, -0.25) is 14.7 Å². The van der Waals surface area contributed by atoms with E-state index in [-0.39, 0.29) is 5.91 Å². The monoisotopic (exact) mass is 379 g/mol. The number of tetrazole rings is 1. The predicted octanol–water partition coefficient (Wildman–Crippen LogP) is 1.98. The summed E-state index contributed by atoms with van der Waals surface area (Å²) in [5, 5.41) is 15.0. The van der Waals surface area contributed by atoms with E-state index < -0.39 is 0 Å². The summed E-state index contributed by atoms with van der Waals surface area (Å²) in [4.78, 5) is 21.3. The fourth-order valence-electron chi connectivity index (χ4n) is 3.85. The standard InChI is InChI=1S/C20H25N7O/c1-26(11-8-19-22-24-25-23-19)20(28)9-12-27-10-4-7-18(27)16-13-15-5-2-3-6-17(15)21-14-16/h2-3,5-6,13-14,18H,4,7-12H2,1H3,(H,22,23,24,25). The van der Waals surface area contributed by atoms with Crippen LogP contribution in [0.1, 0.15) is 36.7 Å². The van der Waals surface area contributed by atoms with Crippen molar-refractivity contribution in [3.8, 4) is 0 Å². The number of nitrogens with one attached hydrogen (secondary N) is 1. The number of benzene rings is 1. The van der Waals surface area contributed by atoms with Gasteiger partial charge in [-0.15, -0.1) is 10.2 Å². The molecule has 0 radical (unpaired) electrons. The quantitative estimate of drug-likeness (QED) is 0.675. The molecule has 1 aliphatic rings. The van der Waals surface area contributed by atoms with Crippen LogP contribution in [0.5, 0.6) is 0 Å². The first-order valence-corrected chi connectivity index (χ1v) is 9.76. The fraction of sp³-hybridized carbons (Fsp3) is 0.450. The average molecular weight is 379 g/mol. The van der Waals surface area contributed by atoms with Gasteiger partial charge < -0.3 is 4.90 Å². The molecule has 4 rings (SSSR count). The van der Waals surface area contributed by atoms with Crippen molar-refractivity contribution in [2.24, 2.45) is 0 Å². The Morgan fingerprint density at radius 2 is 2.25 bits per heavy atom. The van der Waals surface area contributed by atoms with Crippen molar-refractivity contribution in [3.63, 3.8) is 0 Å². The number of carbonyl (C=O) groups is 1. The molecule has 0 bridgehead atoms. The third kappa shape index (κ3) is 4.17. The maximum absolute atomic E-state index is 12.5. The van der Waals surface area contributed by atoms with Gasteiger partial charge in [0.25, 0.3) is 0 Å². The molecule has 1 atom stereocenters. The number of fused-ring (bicyclic) bond motifs is 1. The summed E-state index contributed by atoms with van der Waals surface area (Å²) in [5.41, 5.74) is 2.27. The second-order valence-electron chi connectivity index (χ2n) is 7.30. The summed E-state index contributed by atoms with van der Waals surface area (Å²) in [6.45, 7) is 2.39. The van der Waals surface area contributed by atoms with Gasteiger partial charge >= 0.3 is 0 Å². The van der Waals surface area contributed by atoms with E-state index in [2.05, 4.69) is 42.6 Å². The van der Waals surface area contributed by atoms with Gasteiger partial charge in [0.05, 0.1) is 5.52 Å². The summed E-state index contributed by atoms with van der Waals surface area (Å²) in [5.74, 6) is 0.772. The van der Waals surface area contributed by atoms with E-state index >= 15 is 0 Å². The Labute approximate surface area is 163 Å². The highest BCUT2D eigenvalue weighted by Crippen LogP contribution is 2.32. The number of likely N-dealkylation sites (N-methyl/N-ethyl adjacent to an activating group) is 1. The first kappa shape index (κ1) is 18.5. The average Bonchev–Trinajstić information content (AvgIpc) is 3.41. The van der Waals surface area contributed by atoms with Crippen LogP contribution in [0, 0.1) is 0 Å². The van der Waals surface area contributed by atoms with Crippen LogP contribution in [-0.2, 0) is 11.2 Å². The minimum Gasteiger partial charge on any atom is -0.345 e. The van der Waals surface area contributed by atoms with Gasteiger partial charge in [0.2, 0.25) is 5.91 Å². The number of H-pyrrole nitrogens is 1. The molecule has 3 heterocycles. The summed E-state index contributed by atoms with van der Waals surface area (Å²) < 4.78 is 0. The largest absolute Gasteiger partial charge is 0.345 e. The minimum absolute atomic E-state index is 0.144. The van der Waals surface area contributed by atoms with E-state index in [0.29, 0.717) is 31.3 Å². The second-order valence-corrected chi connectivity index (χ2v) is 7.30. The van der Waals surface area contributed by atoms with Crippen LogP contribution in [-0.4, -0.2) is 68.0 Å². The van der Waals surface area contributed by atoms with Gasteiger partial charge in [-0.2, -0.15) is 5.21 Å². The first-order chi connectivity index (χ1) is 13.7. The molecule has 28 heavy (non-hydrogen) atoms. The smallest absolute Gasteiger partial charge is 0.223 e. The van der Waals surface area contributed by atoms with Crippen molar-refractivity contribution >= 4 is 16.8 Å². The third-order valence-corrected chi connectivity index (χ3v) is 5.46. The summed E-state index contributed by atoms with van der Waals surface area (Å²) in [7, 11) is 1.83. The number of nitrogens with zero attached hydrogens (tertiary/aromatic N) is 6. The lowest BCUT2D eigenvalue weighted by Crippen LogP contribution is -2.33. The summed E-state index contributed by atoms with van der Waals surface area (Å²) in [6.07, 6.45) is 5.37. The van der Waals surface area contributed by atoms with Crippen LogP contribution in [0.25, 0.3) is 10.9 Å². The maximum atomic E-state index is 12.5. The van der Waals surface area contributed by atoms with Crippen molar-refractivity contribution in [2.75, 3.05) is 26.7 Å². The third-order valence-electron chi connectivity index (χ3n) is 5.46. The molecule has 1 fully saturated rings. The summed E-state index contributed by atoms with van der Waals surface area (Å²) >= 11 is 0. The molecule has 0 aliphatic carbocycles. The Morgan fingerprint density at radius 3 is 3.11 bits per heavy atom. The molecule has 1 aromatic carbocycles. The molecule has 2 aromatic heterocycles. The lowest BCUT2D eigenvalue weighted by atomic mass is 10.0. The zero-order valence-corrected chi connectivity index (χ0v) is 16.1. The van der Waals surface area contributed by atoms with Crippen molar-refractivity contribution in [1.29, 1.82) is 0 Å². The van der Waals surface area contributed by atoms with Gasteiger partial charge in [-0.05, 0) is 37.1 Å². The van der Waals surface area contributed by atoms with E-state index in [0.717, 1.165) is 31.4 Å². The number of likely N-dealkylation sites (tertiary alicyclic amines) is 1. The molecule has 1 saturated heterocycles. The van der Waals surface area contributed by atoms with Crippen LogP contribution in [0.15, 0.2) is 36.5 Å². The maximum Gasteiger partial charge on any atom is 0.223 e. The molecule has 1 N–H and O–H groups in total. The number of hydrogen-bond acceptors (Lipinski definition) is 6. The molecular formula is C20H25N7O. The number of hydrogen-bond donors (Lipinski definition) is 1. The molecule has 3 aromatic rings. The molecule has 0 saturated carbocycles. The topological polar surface area (TPSA) is 90.9 Å². The normalized spacial score (nSPS) is 17.2. The highest BCUT2D eigenvalue weighted by atomic mass is 16.2. The molecule has 1 unspecified atom stereocenters. The highest BCUT2D eigenvalue weighted by molar-refractivity contribution is 5.79. The van der Waals surface area contributed by atoms with Crippen molar-refractivity contribution in [1.82, 2.24) is 35.4 Å². The lowest BCUT2D eigenvalue weighted by Gasteiger charge is -2.25. The van der Waals surface area contributed by atoms with Crippen molar-refractivity contribution < 1.29 is 4.79 Å². The number of carbonyl (C=O) groups excluding carboxylic acids is 1. The van der Waals surface area contributed by atoms with E-state index in [4.69, 9.17) is 0 Å². The molecule has 8 nitrogen and oxygen atoms in total. The molecule has 1 aliphatic heterocycles. The first-order valence-electron chi connectivity index (χ1n) is 9.76. The Kier molecular flexibility index (Phi) is 5.57. The van der Waals surface area contributed by atoms with Gasteiger partial charge in [0.15, 0.2) is 5.82 Å². The van der Waals surface area contributed by atoms with Crippen LogP contribution >= 0.6 is 0 Å². The number of para-hydroxylation sites is 1. The van der Waals surface area contributed by atoms with Gasteiger partial charge in [-0.25, -0.2) is 0 Å². The van der Waals surface area contributed by atoms with E-state index in [1.165, 1.54) is 10.9 Å². The van der Waals surface area contributed by atoms with E-state index in [1.807, 2.05) is 31.4 Å². The predicted molar refractivity (Wildman–Crippen MR) is 105 cm³/mol. The van der Waals surface area contributed by atoms with E-state index in [9.17, 15) is 4.79 Å². The molecule has 1 amide bonds. The van der Waals surface area contributed by atoms with Gasteiger partial charge in [0.1, 0.15) is 0 Å². The van der Waals surface area contributed by atoms with Gasteiger partial charge in [-0.1, -0.05) is 23.4 Å². The van der Waals surface area contributed by atoms with Crippen molar-refractivity contribution in [2.45, 2.75) is 31.7 Å². The molecule has 8 heteroatoms. The number of aromatic amines is 1. The van der Waals surface area contributed by atoms with Crippen LogP contribution in [0.4, 0.5) is 0 Å². The van der Waals surface area contributed by atoms with Crippen LogP contribution < -0.4 is 0 Å². The number of amides is 1.